The van der Waals surface area contributed by atoms with Crippen molar-refractivity contribution in [2.24, 2.45) is 10.9 Å². The summed E-state index contributed by atoms with van der Waals surface area (Å²) in [6.45, 7) is 4.82. The first-order valence-corrected chi connectivity index (χ1v) is 7.28. The molecule has 3 heteroatoms. The molecule has 104 valence electrons. The van der Waals surface area contributed by atoms with Gasteiger partial charge in [0.15, 0.2) is 5.90 Å². The van der Waals surface area contributed by atoms with Crippen LogP contribution in [0.5, 0.6) is 0 Å². The van der Waals surface area contributed by atoms with Crippen LogP contribution in [-0.2, 0) is 11.2 Å². The number of nitrogens with zero attached hydrogens (tertiary/aromatic N) is 2. The average Bonchev–Trinajstić information content (AvgIpc) is 2.78. The van der Waals surface area contributed by atoms with Crippen LogP contribution in [-0.4, -0.2) is 18.0 Å². The van der Waals surface area contributed by atoms with Crippen LogP contribution in [0, 0.1) is 17.2 Å². The summed E-state index contributed by atoms with van der Waals surface area (Å²) in [5.74, 6) is 1.12. The van der Waals surface area contributed by atoms with Crippen LogP contribution in [0.4, 0.5) is 0 Å². The Hall–Kier alpha value is -1.82. The lowest BCUT2D eigenvalue weighted by Crippen LogP contribution is -2.22. The molecule has 0 saturated carbocycles. The van der Waals surface area contributed by atoms with E-state index in [2.05, 4.69) is 43.1 Å². The molecular weight excluding hydrogens is 248 g/mol. The van der Waals surface area contributed by atoms with Crippen molar-refractivity contribution in [1.29, 1.82) is 5.26 Å². The van der Waals surface area contributed by atoms with E-state index >= 15 is 0 Å². The van der Waals surface area contributed by atoms with Gasteiger partial charge in [-0.25, -0.2) is 4.99 Å². The predicted molar refractivity (Wildman–Crippen MR) is 78.7 cm³/mol. The van der Waals surface area contributed by atoms with Crippen LogP contribution < -0.4 is 0 Å². The molecule has 1 heterocycles. The third-order valence-electron chi connectivity index (χ3n) is 4.24. The Morgan fingerprint density at radius 1 is 1.40 bits per heavy atom. The number of ether oxygens (including phenoxy) is 1. The summed E-state index contributed by atoms with van der Waals surface area (Å²) < 4.78 is 5.69. The first-order chi connectivity index (χ1) is 9.59. The Morgan fingerprint density at radius 3 is 2.90 bits per heavy atom. The van der Waals surface area contributed by atoms with E-state index in [9.17, 15) is 5.26 Å². The quantitative estimate of drug-likeness (QED) is 0.824. The SMILES string of the molecule is CC1(C)COC(CC2CCc3ccccc3C2C#N)=N1. The Kier molecular flexibility index (Phi) is 3.25. The molecule has 0 N–H and O–H groups in total. The number of benzene rings is 1. The van der Waals surface area contributed by atoms with Gasteiger partial charge in [0.25, 0.3) is 0 Å². The van der Waals surface area contributed by atoms with Gasteiger partial charge in [0, 0.05) is 6.42 Å². The van der Waals surface area contributed by atoms with E-state index in [0.29, 0.717) is 12.5 Å². The molecule has 3 nitrogen and oxygen atoms in total. The van der Waals surface area contributed by atoms with E-state index in [-0.39, 0.29) is 11.5 Å². The molecular formula is C17H20N2O. The molecule has 0 amide bonds. The molecule has 2 unspecified atom stereocenters. The molecule has 3 rings (SSSR count). The Morgan fingerprint density at radius 2 is 2.20 bits per heavy atom. The van der Waals surface area contributed by atoms with Gasteiger partial charge in [0.1, 0.15) is 6.61 Å². The lowest BCUT2D eigenvalue weighted by molar-refractivity contribution is 0.266. The van der Waals surface area contributed by atoms with Crippen molar-refractivity contribution in [2.75, 3.05) is 6.61 Å². The van der Waals surface area contributed by atoms with E-state index < -0.39 is 0 Å². The first kappa shape index (κ1) is 13.2. The maximum atomic E-state index is 9.55. The highest BCUT2D eigenvalue weighted by atomic mass is 16.5. The van der Waals surface area contributed by atoms with Crippen LogP contribution in [0.2, 0.25) is 0 Å². The van der Waals surface area contributed by atoms with Crippen LogP contribution in [0.25, 0.3) is 0 Å². The standard InChI is InChI=1S/C17H20N2O/c1-17(2)11-20-16(19-17)9-13-8-7-12-5-3-4-6-14(12)15(13)10-18/h3-6,13,15H,7-9,11H2,1-2H3. The third kappa shape index (κ3) is 2.43. The number of hydrogen-bond donors (Lipinski definition) is 0. The zero-order valence-electron chi connectivity index (χ0n) is 12.1. The number of aryl methyl sites for hydroxylation is 1. The summed E-state index contributed by atoms with van der Waals surface area (Å²) in [7, 11) is 0. The van der Waals surface area contributed by atoms with Gasteiger partial charge in [0.2, 0.25) is 0 Å². The molecule has 0 bridgehead atoms. The summed E-state index contributed by atoms with van der Waals surface area (Å²) in [6.07, 6.45) is 2.88. The highest BCUT2D eigenvalue weighted by Crippen LogP contribution is 2.38. The van der Waals surface area contributed by atoms with Crippen molar-refractivity contribution in [3.8, 4) is 6.07 Å². The molecule has 0 fully saturated rings. The normalized spacial score (nSPS) is 27.1. The Balaban J connectivity index is 1.81. The fourth-order valence-electron chi connectivity index (χ4n) is 3.21. The second-order valence-corrected chi connectivity index (χ2v) is 6.42. The van der Waals surface area contributed by atoms with E-state index in [1.54, 1.807) is 0 Å². The van der Waals surface area contributed by atoms with Crippen molar-refractivity contribution in [2.45, 2.75) is 44.6 Å². The number of hydrogen-bond acceptors (Lipinski definition) is 3. The number of rotatable bonds is 2. The summed E-state index contributed by atoms with van der Waals surface area (Å²) >= 11 is 0. The Bertz CT molecular complexity index is 583. The minimum absolute atomic E-state index is 0.0324. The summed E-state index contributed by atoms with van der Waals surface area (Å²) in [5, 5.41) is 9.55. The minimum atomic E-state index is -0.107. The summed E-state index contributed by atoms with van der Waals surface area (Å²) in [6, 6.07) is 10.8. The maximum Gasteiger partial charge on any atom is 0.184 e. The van der Waals surface area contributed by atoms with Crippen molar-refractivity contribution in [3.05, 3.63) is 35.4 Å². The van der Waals surface area contributed by atoms with Gasteiger partial charge in [-0.1, -0.05) is 24.3 Å². The van der Waals surface area contributed by atoms with Gasteiger partial charge in [-0.3, -0.25) is 0 Å². The van der Waals surface area contributed by atoms with Gasteiger partial charge < -0.3 is 4.74 Å². The average molecular weight is 268 g/mol. The maximum absolute atomic E-state index is 9.55. The van der Waals surface area contributed by atoms with E-state index in [1.807, 2.05) is 6.07 Å². The second kappa shape index (κ2) is 4.94. The lowest BCUT2D eigenvalue weighted by atomic mass is 9.74. The molecule has 0 aromatic heterocycles. The second-order valence-electron chi connectivity index (χ2n) is 6.42. The van der Waals surface area contributed by atoms with Crippen LogP contribution in [0.3, 0.4) is 0 Å². The molecule has 1 aliphatic heterocycles. The van der Waals surface area contributed by atoms with Crippen molar-refractivity contribution in [3.63, 3.8) is 0 Å². The topological polar surface area (TPSA) is 45.4 Å². The number of nitriles is 1. The number of aliphatic imine (C=N–C) groups is 1. The van der Waals surface area contributed by atoms with Gasteiger partial charge >= 0.3 is 0 Å². The van der Waals surface area contributed by atoms with Gasteiger partial charge in [-0.15, -0.1) is 0 Å². The van der Waals surface area contributed by atoms with E-state index in [0.717, 1.165) is 25.2 Å². The predicted octanol–water partition coefficient (Wildman–Crippen LogP) is 3.45. The Labute approximate surface area is 120 Å². The number of fused-ring (bicyclic) bond motifs is 1. The zero-order valence-corrected chi connectivity index (χ0v) is 12.1. The molecule has 0 saturated heterocycles. The van der Waals surface area contributed by atoms with Gasteiger partial charge in [0.05, 0.1) is 17.5 Å². The van der Waals surface area contributed by atoms with E-state index in [4.69, 9.17) is 4.74 Å². The zero-order chi connectivity index (χ0) is 14.2. The van der Waals surface area contributed by atoms with Crippen molar-refractivity contribution < 1.29 is 4.74 Å². The molecule has 1 aromatic rings. The third-order valence-corrected chi connectivity index (χ3v) is 4.24. The van der Waals surface area contributed by atoms with Crippen LogP contribution in [0.1, 0.15) is 43.7 Å². The highest BCUT2D eigenvalue weighted by molar-refractivity contribution is 5.78. The van der Waals surface area contributed by atoms with Crippen LogP contribution in [0.15, 0.2) is 29.3 Å². The largest absolute Gasteiger partial charge is 0.478 e. The van der Waals surface area contributed by atoms with E-state index in [1.165, 1.54) is 11.1 Å². The first-order valence-electron chi connectivity index (χ1n) is 7.28. The van der Waals surface area contributed by atoms with Crippen molar-refractivity contribution >= 4 is 5.90 Å². The van der Waals surface area contributed by atoms with Crippen LogP contribution >= 0.6 is 0 Å². The highest BCUT2D eigenvalue weighted by Gasteiger charge is 2.33. The molecule has 1 aliphatic carbocycles. The minimum Gasteiger partial charge on any atom is -0.478 e. The molecule has 2 atom stereocenters. The fourth-order valence-corrected chi connectivity index (χ4v) is 3.21. The monoisotopic (exact) mass is 268 g/mol. The van der Waals surface area contributed by atoms with Crippen molar-refractivity contribution in [1.82, 2.24) is 0 Å². The van der Waals surface area contributed by atoms with Gasteiger partial charge in [-0.2, -0.15) is 5.26 Å². The smallest absolute Gasteiger partial charge is 0.184 e. The van der Waals surface area contributed by atoms with Gasteiger partial charge in [-0.05, 0) is 43.7 Å². The summed E-state index contributed by atoms with van der Waals surface area (Å²) in [4.78, 5) is 4.62. The molecule has 1 aromatic carbocycles. The molecule has 0 spiro atoms. The molecule has 2 aliphatic rings. The lowest BCUT2D eigenvalue weighted by Gasteiger charge is -2.29. The summed E-state index contributed by atoms with van der Waals surface area (Å²) in [5.41, 5.74) is 2.42. The molecule has 20 heavy (non-hydrogen) atoms. The fraction of sp³-hybridized carbons (Fsp3) is 0.529. The molecule has 0 radical (unpaired) electrons.